The monoisotopic (exact) mass is 515 g/mol. The predicted molar refractivity (Wildman–Crippen MR) is 142 cm³/mol. The number of aliphatic hydroxyl groups is 1. The summed E-state index contributed by atoms with van der Waals surface area (Å²) in [6.45, 7) is 12.8. The van der Waals surface area contributed by atoms with Crippen LogP contribution >= 0.6 is 0 Å². The highest BCUT2D eigenvalue weighted by molar-refractivity contribution is 5.70. The fraction of sp³-hybridized carbons (Fsp3) is 0.630. The summed E-state index contributed by atoms with van der Waals surface area (Å²) in [5.41, 5.74) is 4.93. The van der Waals surface area contributed by atoms with Crippen molar-refractivity contribution >= 4 is 17.1 Å². The molecule has 0 radical (unpaired) electrons. The molecule has 2 aromatic heterocycles. The van der Waals surface area contributed by atoms with Gasteiger partial charge < -0.3 is 19.4 Å². The summed E-state index contributed by atoms with van der Waals surface area (Å²) in [5.74, 6) is -0.161. The lowest BCUT2D eigenvalue weighted by Crippen LogP contribution is -2.22. The van der Waals surface area contributed by atoms with Crippen molar-refractivity contribution in [3.05, 3.63) is 46.9 Å². The highest BCUT2D eigenvalue weighted by atomic mass is 16.6. The predicted octanol–water partition coefficient (Wildman–Crippen LogP) is 4.02. The van der Waals surface area contributed by atoms with Crippen molar-refractivity contribution in [1.82, 2.24) is 25.0 Å². The van der Waals surface area contributed by atoms with Gasteiger partial charge in [0.2, 0.25) is 0 Å². The maximum atomic E-state index is 12.3. The molecule has 0 bridgehead atoms. The van der Waals surface area contributed by atoms with E-state index in [0.717, 1.165) is 56.2 Å². The van der Waals surface area contributed by atoms with E-state index in [1.807, 2.05) is 0 Å². The lowest BCUT2D eigenvalue weighted by Gasteiger charge is -2.17. The first-order valence-electron chi connectivity index (χ1n) is 13.3. The molecule has 37 heavy (non-hydrogen) atoms. The van der Waals surface area contributed by atoms with Crippen LogP contribution < -0.4 is 11.0 Å². The van der Waals surface area contributed by atoms with Gasteiger partial charge in [-0.15, -0.1) is 0 Å². The van der Waals surface area contributed by atoms with Crippen LogP contribution in [0.5, 0.6) is 0 Å². The number of esters is 1. The second-order valence-corrected chi connectivity index (χ2v) is 9.83. The third-order valence-corrected chi connectivity index (χ3v) is 6.82. The van der Waals surface area contributed by atoms with Gasteiger partial charge in [-0.05, 0) is 44.6 Å². The van der Waals surface area contributed by atoms with Crippen LogP contribution in [0.2, 0.25) is 0 Å². The van der Waals surface area contributed by atoms with Gasteiger partial charge in [0, 0.05) is 18.0 Å². The molecule has 1 fully saturated rings. The standard InChI is InChI=1S/C27H41N5O5/c1-5-6-11-14-37-31-18(2)12-9-7-8-10-13-24(34)36-16-21-19(3)22(15-23(21)33)32-17-28-25-26(32)29-20(4)30-27(25)35/h17,21-23,31,33H,2-3,5-16H2,1,4H3,(H,29,30,35)/t21-,22-,23-/m0/s1. The van der Waals surface area contributed by atoms with Gasteiger partial charge in [0.1, 0.15) is 12.4 Å². The van der Waals surface area contributed by atoms with Crippen molar-refractivity contribution < 1.29 is 19.5 Å². The Morgan fingerprint density at radius 1 is 1.24 bits per heavy atom. The number of carbonyl (C=O) groups is 1. The number of allylic oxidation sites excluding steroid dienone is 1. The number of aromatic nitrogens is 4. The molecule has 10 nitrogen and oxygen atoms in total. The van der Waals surface area contributed by atoms with Crippen LogP contribution in [0.1, 0.15) is 83.0 Å². The number of nitrogens with zero attached hydrogens (tertiary/aromatic N) is 3. The lowest BCUT2D eigenvalue weighted by atomic mass is 10.0. The highest BCUT2D eigenvalue weighted by Crippen LogP contribution is 2.40. The normalized spacial score (nSPS) is 19.4. The summed E-state index contributed by atoms with van der Waals surface area (Å²) in [4.78, 5) is 41.0. The van der Waals surface area contributed by atoms with Gasteiger partial charge in [0.25, 0.3) is 5.56 Å². The summed E-state index contributed by atoms with van der Waals surface area (Å²) < 4.78 is 7.25. The van der Waals surface area contributed by atoms with Crippen LogP contribution in [-0.4, -0.2) is 49.9 Å². The number of aryl methyl sites for hydroxylation is 1. The van der Waals surface area contributed by atoms with E-state index in [2.05, 4.69) is 40.5 Å². The Morgan fingerprint density at radius 3 is 2.76 bits per heavy atom. The number of carbonyl (C=O) groups excluding carboxylic acids is 1. The highest BCUT2D eigenvalue weighted by Gasteiger charge is 2.39. The summed E-state index contributed by atoms with van der Waals surface area (Å²) in [5, 5.41) is 10.6. The van der Waals surface area contributed by atoms with E-state index in [1.54, 1.807) is 17.8 Å². The molecule has 1 aliphatic rings. The number of hydrogen-bond acceptors (Lipinski definition) is 8. The quantitative estimate of drug-likeness (QED) is 0.132. The van der Waals surface area contributed by atoms with Crippen molar-refractivity contribution in [3.8, 4) is 0 Å². The van der Waals surface area contributed by atoms with Crippen LogP contribution in [0.25, 0.3) is 11.2 Å². The first kappa shape index (κ1) is 28.6. The molecule has 3 rings (SSSR count). The van der Waals surface area contributed by atoms with Gasteiger partial charge in [-0.1, -0.05) is 45.8 Å². The van der Waals surface area contributed by atoms with Crippen molar-refractivity contribution in [3.63, 3.8) is 0 Å². The summed E-state index contributed by atoms with van der Waals surface area (Å²) in [7, 11) is 0. The maximum Gasteiger partial charge on any atom is 0.305 e. The molecule has 2 heterocycles. The summed E-state index contributed by atoms with van der Waals surface area (Å²) in [6.07, 6.45) is 9.47. The van der Waals surface area contributed by atoms with E-state index in [0.29, 0.717) is 30.9 Å². The lowest BCUT2D eigenvalue weighted by molar-refractivity contribution is -0.145. The zero-order valence-electron chi connectivity index (χ0n) is 22.1. The Balaban J connectivity index is 1.34. The van der Waals surface area contributed by atoms with E-state index in [4.69, 9.17) is 9.57 Å². The number of nitrogens with one attached hydrogen (secondary N) is 2. The molecule has 1 aliphatic carbocycles. The largest absolute Gasteiger partial charge is 0.465 e. The molecule has 0 unspecified atom stereocenters. The second-order valence-electron chi connectivity index (χ2n) is 9.83. The Morgan fingerprint density at radius 2 is 2.00 bits per heavy atom. The van der Waals surface area contributed by atoms with E-state index < -0.39 is 6.10 Å². The molecular weight excluding hydrogens is 474 g/mol. The van der Waals surface area contributed by atoms with Gasteiger partial charge in [0.05, 0.1) is 25.1 Å². The number of aromatic amines is 1. The average molecular weight is 516 g/mol. The molecule has 0 saturated heterocycles. The van der Waals surface area contributed by atoms with Gasteiger partial charge in [-0.25, -0.2) is 9.97 Å². The van der Waals surface area contributed by atoms with E-state index in [9.17, 15) is 14.7 Å². The number of fused-ring (bicyclic) bond motifs is 1. The summed E-state index contributed by atoms with van der Waals surface area (Å²) in [6, 6.07) is -0.275. The number of hydrogen-bond donors (Lipinski definition) is 3. The minimum absolute atomic E-state index is 0.0821. The minimum atomic E-state index is -0.705. The molecule has 0 amide bonds. The van der Waals surface area contributed by atoms with Crippen molar-refractivity contribution in [2.75, 3.05) is 13.2 Å². The number of imidazole rings is 1. The molecule has 0 aliphatic heterocycles. The molecule has 1 saturated carbocycles. The van der Waals surface area contributed by atoms with Gasteiger partial charge in [0.15, 0.2) is 11.2 Å². The number of H-pyrrole nitrogens is 1. The molecule has 10 heteroatoms. The molecule has 3 atom stereocenters. The van der Waals surface area contributed by atoms with Crippen molar-refractivity contribution in [2.45, 2.75) is 90.2 Å². The van der Waals surface area contributed by atoms with Crippen molar-refractivity contribution in [1.29, 1.82) is 0 Å². The number of aliphatic hydroxyl groups excluding tert-OH is 1. The Hall–Kier alpha value is -2.98. The maximum absolute atomic E-state index is 12.3. The third kappa shape index (κ3) is 8.00. The fourth-order valence-corrected chi connectivity index (χ4v) is 4.66. The number of rotatable bonds is 16. The van der Waals surface area contributed by atoms with Gasteiger partial charge in [-0.2, -0.15) is 0 Å². The van der Waals surface area contributed by atoms with E-state index >= 15 is 0 Å². The molecule has 3 N–H and O–H groups in total. The van der Waals surface area contributed by atoms with E-state index in [1.165, 1.54) is 6.42 Å². The summed E-state index contributed by atoms with van der Waals surface area (Å²) >= 11 is 0. The average Bonchev–Trinajstić information content (AvgIpc) is 3.39. The molecule has 2 aromatic rings. The third-order valence-electron chi connectivity index (χ3n) is 6.82. The van der Waals surface area contributed by atoms with Gasteiger partial charge >= 0.3 is 5.97 Å². The molecule has 0 spiro atoms. The molecule has 204 valence electrons. The number of ether oxygens (including phenoxy) is 1. The molecular formula is C27H41N5O5. The van der Waals surface area contributed by atoms with Crippen LogP contribution in [-0.2, 0) is 14.4 Å². The topological polar surface area (TPSA) is 131 Å². The number of hydroxylamine groups is 1. The Kier molecular flexibility index (Phi) is 10.9. The van der Waals surface area contributed by atoms with E-state index in [-0.39, 0.29) is 35.6 Å². The SMILES string of the molecule is C=C(CCCCCCC(=O)OC[C@H]1C(=C)[C@@H](n2cnc3c(=O)[nH]c(C)nc32)C[C@@H]1O)NOCCCCC. The van der Waals surface area contributed by atoms with Gasteiger partial charge in [-0.3, -0.25) is 19.9 Å². The Bertz CT molecular complexity index is 1120. The first-order valence-corrected chi connectivity index (χ1v) is 13.3. The van der Waals surface area contributed by atoms with Crippen LogP contribution in [0.4, 0.5) is 0 Å². The fourth-order valence-electron chi connectivity index (χ4n) is 4.66. The van der Waals surface area contributed by atoms with Crippen LogP contribution in [0.15, 0.2) is 35.5 Å². The minimum Gasteiger partial charge on any atom is -0.465 e. The second kappa shape index (κ2) is 14.1. The molecule has 0 aromatic carbocycles. The van der Waals surface area contributed by atoms with Crippen molar-refractivity contribution in [2.24, 2.45) is 5.92 Å². The van der Waals surface area contributed by atoms with Crippen LogP contribution in [0, 0.1) is 12.8 Å². The Labute approximate surface area is 218 Å². The van der Waals surface area contributed by atoms with Crippen LogP contribution in [0.3, 0.4) is 0 Å². The number of unbranched alkanes of at least 4 members (excludes halogenated alkanes) is 5. The zero-order chi connectivity index (χ0) is 26.8. The zero-order valence-corrected chi connectivity index (χ0v) is 22.1. The smallest absolute Gasteiger partial charge is 0.305 e. The first-order chi connectivity index (χ1) is 17.8.